The molecule has 0 saturated carbocycles. The van der Waals surface area contributed by atoms with E-state index in [0.29, 0.717) is 31.2 Å². The van der Waals surface area contributed by atoms with Gasteiger partial charge in [0.2, 0.25) is 10.0 Å². The quantitative estimate of drug-likeness (QED) is 0.785. The van der Waals surface area contributed by atoms with Crippen LogP contribution in [0.4, 0.5) is 0 Å². The molecular formula is C18H20Cl2N2O2S. The summed E-state index contributed by atoms with van der Waals surface area (Å²) in [5.41, 5.74) is 2.47. The lowest BCUT2D eigenvalue weighted by molar-refractivity contribution is 0.181. The minimum Gasteiger partial charge on any atom is -0.296 e. The van der Waals surface area contributed by atoms with E-state index in [0.717, 1.165) is 6.54 Å². The van der Waals surface area contributed by atoms with E-state index in [9.17, 15) is 8.42 Å². The van der Waals surface area contributed by atoms with Crippen LogP contribution in [0, 0.1) is 6.92 Å². The van der Waals surface area contributed by atoms with Crippen LogP contribution in [0.2, 0.25) is 10.0 Å². The van der Waals surface area contributed by atoms with Crippen molar-refractivity contribution in [2.24, 2.45) is 0 Å². The fraction of sp³-hybridized carbons (Fsp3) is 0.333. The summed E-state index contributed by atoms with van der Waals surface area (Å²) in [6.07, 6.45) is 0. The monoisotopic (exact) mass is 398 g/mol. The first-order valence-electron chi connectivity index (χ1n) is 8.09. The maximum Gasteiger partial charge on any atom is 0.244 e. The van der Waals surface area contributed by atoms with E-state index < -0.39 is 10.0 Å². The van der Waals surface area contributed by atoms with E-state index in [-0.39, 0.29) is 9.92 Å². The lowest BCUT2D eigenvalue weighted by Crippen LogP contribution is -2.48. The van der Waals surface area contributed by atoms with Crippen molar-refractivity contribution in [3.63, 3.8) is 0 Å². The molecule has 0 amide bonds. The van der Waals surface area contributed by atoms with Gasteiger partial charge >= 0.3 is 0 Å². The Morgan fingerprint density at radius 1 is 0.960 bits per heavy atom. The van der Waals surface area contributed by atoms with Crippen molar-refractivity contribution in [2.75, 3.05) is 26.2 Å². The van der Waals surface area contributed by atoms with E-state index in [1.54, 1.807) is 6.07 Å². The number of piperazine rings is 1. The number of hydrogen-bond donors (Lipinski definition) is 0. The van der Waals surface area contributed by atoms with Crippen molar-refractivity contribution >= 4 is 33.2 Å². The molecule has 7 heteroatoms. The molecule has 1 aliphatic rings. The summed E-state index contributed by atoms with van der Waals surface area (Å²) in [7, 11) is -3.60. The van der Waals surface area contributed by atoms with Gasteiger partial charge in [0.05, 0.1) is 5.02 Å². The molecule has 134 valence electrons. The Kier molecular flexibility index (Phi) is 5.71. The molecule has 0 spiro atoms. The fourth-order valence-electron chi connectivity index (χ4n) is 2.90. The third-order valence-corrected chi connectivity index (χ3v) is 6.99. The van der Waals surface area contributed by atoms with Crippen LogP contribution in [0.3, 0.4) is 0 Å². The Morgan fingerprint density at radius 3 is 2.20 bits per heavy atom. The molecule has 4 nitrogen and oxygen atoms in total. The molecule has 0 radical (unpaired) electrons. The molecule has 0 atom stereocenters. The number of sulfonamides is 1. The number of halogens is 2. The molecule has 1 saturated heterocycles. The normalized spacial score (nSPS) is 16.9. The van der Waals surface area contributed by atoms with Crippen LogP contribution in [0.1, 0.15) is 11.1 Å². The Balaban J connectivity index is 1.66. The standard InChI is InChI=1S/C18H20Cl2N2O2S/c1-14-2-4-15(5-3-14)13-21-8-10-22(11-9-21)25(23,24)18-7-6-16(19)12-17(18)20/h2-7,12H,8-11,13H2,1H3. The zero-order valence-electron chi connectivity index (χ0n) is 14.0. The van der Waals surface area contributed by atoms with Gasteiger partial charge in [-0.2, -0.15) is 4.31 Å². The van der Waals surface area contributed by atoms with Gasteiger partial charge in [0, 0.05) is 37.7 Å². The number of rotatable bonds is 4. The molecule has 1 fully saturated rings. The van der Waals surface area contributed by atoms with E-state index in [2.05, 4.69) is 36.1 Å². The highest BCUT2D eigenvalue weighted by molar-refractivity contribution is 7.89. The summed E-state index contributed by atoms with van der Waals surface area (Å²) in [6, 6.07) is 12.9. The Hall–Kier alpha value is -1.11. The van der Waals surface area contributed by atoms with Gasteiger partial charge in [-0.15, -0.1) is 0 Å². The molecule has 0 aliphatic carbocycles. The summed E-state index contributed by atoms with van der Waals surface area (Å²) < 4.78 is 27.1. The van der Waals surface area contributed by atoms with Gasteiger partial charge in [-0.25, -0.2) is 8.42 Å². The van der Waals surface area contributed by atoms with Crippen LogP contribution < -0.4 is 0 Å². The van der Waals surface area contributed by atoms with Crippen LogP contribution in [-0.2, 0) is 16.6 Å². The van der Waals surface area contributed by atoms with Crippen LogP contribution in [-0.4, -0.2) is 43.8 Å². The molecule has 25 heavy (non-hydrogen) atoms. The van der Waals surface area contributed by atoms with Gasteiger partial charge in [-0.05, 0) is 30.7 Å². The van der Waals surface area contributed by atoms with Gasteiger partial charge < -0.3 is 0 Å². The summed E-state index contributed by atoms with van der Waals surface area (Å²) >= 11 is 11.9. The van der Waals surface area contributed by atoms with Crippen LogP contribution in [0.5, 0.6) is 0 Å². The van der Waals surface area contributed by atoms with Crippen molar-refractivity contribution < 1.29 is 8.42 Å². The Bertz CT molecular complexity index is 846. The minimum absolute atomic E-state index is 0.116. The summed E-state index contributed by atoms with van der Waals surface area (Å²) in [6.45, 7) is 5.18. The lowest BCUT2D eigenvalue weighted by atomic mass is 10.1. The molecule has 0 N–H and O–H groups in total. The fourth-order valence-corrected chi connectivity index (χ4v) is 5.07. The van der Waals surface area contributed by atoms with Crippen molar-refractivity contribution in [3.05, 3.63) is 63.6 Å². The number of hydrogen-bond acceptors (Lipinski definition) is 3. The van der Waals surface area contributed by atoms with E-state index in [4.69, 9.17) is 23.2 Å². The molecule has 2 aromatic rings. The largest absolute Gasteiger partial charge is 0.296 e. The smallest absolute Gasteiger partial charge is 0.244 e. The molecule has 0 unspecified atom stereocenters. The molecule has 1 heterocycles. The molecule has 2 aromatic carbocycles. The first-order valence-corrected chi connectivity index (χ1v) is 10.3. The highest BCUT2D eigenvalue weighted by Gasteiger charge is 2.30. The van der Waals surface area contributed by atoms with Gasteiger partial charge in [0.15, 0.2) is 0 Å². The highest BCUT2D eigenvalue weighted by Crippen LogP contribution is 2.28. The van der Waals surface area contributed by atoms with Gasteiger partial charge in [0.25, 0.3) is 0 Å². The zero-order chi connectivity index (χ0) is 18.0. The van der Waals surface area contributed by atoms with Crippen molar-refractivity contribution in [3.8, 4) is 0 Å². The topological polar surface area (TPSA) is 40.6 Å². The summed E-state index contributed by atoms with van der Waals surface area (Å²) in [5.74, 6) is 0. The first kappa shape index (κ1) is 18.7. The average molecular weight is 399 g/mol. The Labute approximate surface area is 159 Å². The summed E-state index contributed by atoms with van der Waals surface area (Å²) in [4.78, 5) is 2.38. The molecule has 1 aliphatic heterocycles. The van der Waals surface area contributed by atoms with E-state index >= 15 is 0 Å². The van der Waals surface area contributed by atoms with Crippen LogP contribution in [0.15, 0.2) is 47.4 Å². The summed E-state index contributed by atoms with van der Waals surface area (Å²) in [5, 5.41) is 0.585. The second-order valence-corrected chi connectivity index (χ2v) is 8.99. The average Bonchev–Trinajstić information content (AvgIpc) is 2.57. The number of aryl methyl sites for hydroxylation is 1. The van der Waals surface area contributed by atoms with Crippen LogP contribution >= 0.6 is 23.2 Å². The van der Waals surface area contributed by atoms with Crippen molar-refractivity contribution in [2.45, 2.75) is 18.4 Å². The van der Waals surface area contributed by atoms with Crippen molar-refractivity contribution in [1.29, 1.82) is 0 Å². The van der Waals surface area contributed by atoms with Gasteiger partial charge in [0.1, 0.15) is 4.90 Å². The molecule has 0 bridgehead atoms. The van der Waals surface area contributed by atoms with E-state index in [1.807, 2.05) is 0 Å². The van der Waals surface area contributed by atoms with Gasteiger partial charge in [-0.3, -0.25) is 4.90 Å². The maximum absolute atomic E-state index is 12.8. The van der Waals surface area contributed by atoms with Crippen LogP contribution in [0.25, 0.3) is 0 Å². The third-order valence-electron chi connectivity index (χ3n) is 4.37. The first-order chi connectivity index (χ1) is 11.9. The minimum atomic E-state index is -3.60. The number of benzene rings is 2. The second-order valence-electron chi connectivity index (χ2n) is 6.24. The second kappa shape index (κ2) is 7.64. The SMILES string of the molecule is Cc1ccc(CN2CCN(S(=O)(=O)c3ccc(Cl)cc3Cl)CC2)cc1. The van der Waals surface area contributed by atoms with Crippen molar-refractivity contribution in [1.82, 2.24) is 9.21 Å². The molecule has 3 rings (SSSR count). The lowest BCUT2D eigenvalue weighted by Gasteiger charge is -2.34. The maximum atomic E-state index is 12.8. The highest BCUT2D eigenvalue weighted by atomic mass is 35.5. The van der Waals surface area contributed by atoms with Gasteiger partial charge in [-0.1, -0.05) is 53.0 Å². The predicted molar refractivity (Wildman–Crippen MR) is 102 cm³/mol. The Morgan fingerprint density at radius 2 is 1.60 bits per heavy atom. The molecular weight excluding hydrogens is 379 g/mol. The number of nitrogens with zero attached hydrogens (tertiary/aromatic N) is 2. The molecule has 0 aromatic heterocycles. The van der Waals surface area contributed by atoms with E-state index in [1.165, 1.54) is 27.6 Å². The third kappa shape index (κ3) is 4.36. The predicted octanol–water partition coefficient (Wildman–Crippen LogP) is 3.81. The zero-order valence-corrected chi connectivity index (χ0v) is 16.3.